The molecule has 0 saturated heterocycles. The van der Waals surface area contributed by atoms with Crippen LogP contribution in [0.25, 0.3) is 11.1 Å². The van der Waals surface area contributed by atoms with Gasteiger partial charge < -0.3 is 0 Å². The first-order valence-electron chi connectivity index (χ1n) is 6.32. The molecule has 0 heterocycles. The van der Waals surface area contributed by atoms with Crippen molar-refractivity contribution in [1.29, 1.82) is 0 Å². The Morgan fingerprint density at radius 3 is 2.50 bits per heavy atom. The van der Waals surface area contributed by atoms with E-state index in [0.717, 1.165) is 30.9 Å². The Bertz CT molecular complexity index is 588. The molecular formula is C16H14F2. The monoisotopic (exact) mass is 244 g/mol. The average Bonchev–Trinajstić information content (AvgIpc) is 2.38. The lowest BCUT2D eigenvalue weighted by molar-refractivity contribution is 0.585. The Hall–Kier alpha value is -1.70. The van der Waals surface area contributed by atoms with E-state index in [9.17, 15) is 8.78 Å². The molecule has 2 aromatic rings. The lowest BCUT2D eigenvalue weighted by atomic mass is 9.86. The first kappa shape index (κ1) is 11.4. The second-order valence-electron chi connectivity index (χ2n) is 4.77. The SMILES string of the molecule is Fc1ccc(-c2cccc3c2CCCC3)c(F)c1. The summed E-state index contributed by atoms with van der Waals surface area (Å²) in [5.74, 6) is -1.00. The molecule has 18 heavy (non-hydrogen) atoms. The van der Waals surface area contributed by atoms with Crippen molar-refractivity contribution in [1.82, 2.24) is 0 Å². The third-order valence-corrected chi connectivity index (χ3v) is 3.62. The van der Waals surface area contributed by atoms with Crippen LogP contribution in [0.5, 0.6) is 0 Å². The van der Waals surface area contributed by atoms with Crippen LogP contribution in [-0.4, -0.2) is 0 Å². The molecule has 0 amide bonds. The molecule has 0 unspecified atom stereocenters. The van der Waals surface area contributed by atoms with E-state index in [1.807, 2.05) is 12.1 Å². The van der Waals surface area contributed by atoms with Gasteiger partial charge in [-0.15, -0.1) is 0 Å². The zero-order chi connectivity index (χ0) is 12.5. The highest BCUT2D eigenvalue weighted by molar-refractivity contribution is 5.69. The topological polar surface area (TPSA) is 0 Å². The summed E-state index contributed by atoms with van der Waals surface area (Å²) in [5.41, 5.74) is 3.97. The van der Waals surface area contributed by atoms with E-state index in [0.29, 0.717) is 5.56 Å². The standard InChI is InChI=1S/C16H14F2/c17-12-8-9-15(16(18)10-12)14-7-3-5-11-4-1-2-6-13(11)14/h3,5,7-10H,1-2,4,6H2. The van der Waals surface area contributed by atoms with E-state index in [4.69, 9.17) is 0 Å². The third kappa shape index (κ3) is 1.92. The number of fused-ring (bicyclic) bond motifs is 1. The maximum Gasteiger partial charge on any atom is 0.133 e. The lowest BCUT2D eigenvalue weighted by Crippen LogP contribution is -2.04. The summed E-state index contributed by atoms with van der Waals surface area (Å²) in [6.45, 7) is 0. The van der Waals surface area contributed by atoms with E-state index in [1.165, 1.54) is 29.7 Å². The molecule has 0 atom stereocenters. The number of hydrogen-bond donors (Lipinski definition) is 0. The largest absolute Gasteiger partial charge is 0.207 e. The van der Waals surface area contributed by atoms with Gasteiger partial charge in [-0.25, -0.2) is 8.78 Å². The first-order valence-corrected chi connectivity index (χ1v) is 6.32. The van der Waals surface area contributed by atoms with Crippen LogP contribution >= 0.6 is 0 Å². The quantitative estimate of drug-likeness (QED) is 0.692. The van der Waals surface area contributed by atoms with E-state index < -0.39 is 11.6 Å². The van der Waals surface area contributed by atoms with Crippen LogP contribution in [-0.2, 0) is 12.8 Å². The highest BCUT2D eigenvalue weighted by Gasteiger charge is 2.16. The van der Waals surface area contributed by atoms with Gasteiger partial charge in [-0.1, -0.05) is 18.2 Å². The molecule has 0 spiro atoms. The summed E-state index contributed by atoms with van der Waals surface area (Å²) in [5, 5.41) is 0. The lowest BCUT2D eigenvalue weighted by Gasteiger charge is -2.19. The Morgan fingerprint density at radius 2 is 1.67 bits per heavy atom. The van der Waals surface area contributed by atoms with Crippen LogP contribution in [0, 0.1) is 11.6 Å². The van der Waals surface area contributed by atoms with Crippen molar-refractivity contribution in [3.63, 3.8) is 0 Å². The van der Waals surface area contributed by atoms with Crippen molar-refractivity contribution in [2.45, 2.75) is 25.7 Å². The van der Waals surface area contributed by atoms with Crippen LogP contribution in [0.2, 0.25) is 0 Å². The molecule has 2 aromatic carbocycles. The molecule has 0 fully saturated rings. The molecule has 0 nitrogen and oxygen atoms in total. The minimum Gasteiger partial charge on any atom is -0.207 e. The van der Waals surface area contributed by atoms with Gasteiger partial charge in [0, 0.05) is 11.6 Å². The Kier molecular flexibility index (Phi) is 2.86. The van der Waals surface area contributed by atoms with E-state index in [2.05, 4.69) is 6.07 Å². The molecule has 0 bridgehead atoms. The summed E-state index contributed by atoms with van der Waals surface area (Å²) in [4.78, 5) is 0. The zero-order valence-electron chi connectivity index (χ0n) is 10.0. The molecular weight excluding hydrogens is 230 g/mol. The fraction of sp³-hybridized carbons (Fsp3) is 0.250. The van der Waals surface area contributed by atoms with Crippen LogP contribution in [0.4, 0.5) is 8.78 Å². The molecule has 1 aliphatic rings. The summed E-state index contributed by atoms with van der Waals surface area (Å²) in [6.07, 6.45) is 4.39. The van der Waals surface area contributed by atoms with Gasteiger partial charge in [-0.2, -0.15) is 0 Å². The highest BCUT2D eigenvalue weighted by Crippen LogP contribution is 2.33. The molecule has 1 aliphatic carbocycles. The van der Waals surface area contributed by atoms with Crippen LogP contribution in [0.3, 0.4) is 0 Å². The minimum atomic E-state index is -0.527. The number of aryl methyl sites for hydroxylation is 1. The third-order valence-electron chi connectivity index (χ3n) is 3.62. The van der Waals surface area contributed by atoms with Gasteiger partial charge in [-0.3, -0.25) is 0 Å². The molecule has 3 rings (SSSR count). The van der Waals surface area contributed by atoms with Crippen molar-refractivity contribution < 1.29 is 8.78 Å². The van der Waals surface area contributed by atoms with Crippen LogP contribution in [0.15, 0.2) is 36.4 Å². The fourth-order valence-corrected chi connectivity index (χ4v) is 2.74. The van der Waals surface area contributed by atoms with Gasteiger partial charge in [0.15, 0.2) is 0 Å². The predicted molar refractivity (Wildman–Crippen MR) is 68.4 cm³/mol. The van der Waals surface area contributed by atoms with Crippen molar-refractivity contribution in [2.75, 3.05) is 0 Å². The smallest absolute Gasteiger partial charge is 0.133 e. The second-order valence-corrected chi connectivity index (χ2v) is 4.77. The van der Waals surface area contributed by atoms with E-state index in [1.54, 1.807) is 0 Å². The second kappa shape index (κ2) is 4.52. The number of hydrogen-bond acceptors (Lipinski definition) is 0. The average molecular weight is 244 g/mol. The van der Waals surface area contributed by atoms with Gasteiger partial charge in [0.25, 0.3) is 0 Å². The Morgan fingerprint density at radius 1 is 0.833 bits per heavy atom. The normalized spacial score (nSPS) is 14.3. The number of rotatable bonds is 1. The fourth-order valence-electron chi connectivity index (χ4n) is 2.74. The summed E-state index contributed by atoms with van der Waals surface area (Å²) < 4.78 is 26.8. The molecule has 2 heteroatoms. The van der Waals surface area contributed by atoms with Gasteiger partial charge in [0.05, 0.1) is 0 Å². The van der Waals surface area contributed by atoms with Gasteiger partial charge in [0.2, 0.25) is 0 Å². The molecule has 92 valence electrons. The van der Waals surface area contributed by atoms with Gasteiger partial charge >= 0.3 is 0 Å². The molecule has 0 saturated carbocycles. The summed E-state index contributed by atoms with van der Waals surface area (Å²) >= 11 is 0. The van der Waals surface area contributed by atoms with Gasteiger partial charge in [0.1, 0.15) is 11.6 Å². The molecule has 0 radical (unpaired) electrons. The molecule has 0 N–H and O–H groups in total. The minimum absolute atomic E-state index is 0.478. The Labute approximate surface area is 105 Å². The Balaban J connectivity index is 2.17. The summed E-state index contributed by atoms with van der Waals surface area (Å²) in [6, 6.07) is 9.81. The van der Waals surface area contributed by atoms with Crippen molar-refractivity contribution >= 4 is 0 Å². The van der Waals surface area contributed by atoms with Crippen molar-refractivity contribution in [3.05, 3.63) is 59.2 Å². The molecule has 0 aliphatic heterocycles. The van der Waals surface area contributed by atoms with Crippen molar-refractivity contribution in [2.24, 2.45) is 0 Å². The predicted octanol–water partition coefficient (Wildman–Crippen LogP) is 4.51. The van der Waals surface area contributed by atoms with Crippen LogP contribution in [0.1, 0.15) is 24.0 Å². The van der Waals surface area contributed by atoms with Crippen LogP contribution < -0.4 is 0 Å². The van der Waals surface area contributed by atoms with Gasteiger partial charge in [-0.05, 0) is 54.5 Å². The maximum atomic E-state index is 13.9. The number of halogens is 2. The molecule has 0 aromatic heterocycles. The zero-order valence-corrected chi connectivity index (χ0v) is 10.0. The maximum absolute atomic E-state index is 13.9. The highest BCUT2D eigenvalue weighted by atomic mass is 19.1. The van der Waals surface area contributed by atoms with Crippen molar-refractivity contribution in [3.8, 4) is 11.1 Å². The first-order chi connectivity index (χ1) is 8.75. The number of benzene rings is 2. The van der Waals surface area contributed by atoms with E-state index >= 15 is 0 Å². The summed E-state index contributed by atoms with van der Waals surface area (Å²) in [7, 11) is 0. The van der Waals surface area contributed by atoms with E-state index in [-0.39, 0.29) is 0 Å².